The van der Waals surface area contributed by atoms with Crippen LogP contribution in [-0.2, 0) is 0 Å². The molecule has 2 heteroatoms. The van der Waals surface area contributed by atoms with Crippen molar-refractivity contribution in [3.63, 3.8) is 0 Å². The van der Waals surface area contributed by atoms with Gasteiger partial charge in [0.25, 0.3) is 0 Å². The van der Waals surface area contributed by atoms with E-state index in [4.69, 9.17) is 0 Å². The molecule has 0 aromatic rings. The van der Waals surface area contributed by atoms with Gasteiger partial charge in [0.2, 0.25) is 0 Å². The van der Waals surface area contributed by atoms with Gasteiger partial charge in [-0.3, -0.25) is 0 Å². The van der Waals surface area contributed by atoms with E-state index < -0.39 is 0 Å². The first-order valence-corrected chi connectivity index (χ1v) is 7.81. The van der Waals surface area contributed by atoms with E-state index in [0.717, 1.165) is 12.0 Å². The summed E-state index contributed by atoms with van der Waals surface area (Å²) in [5.41, 5.74) is 0. The monoisotopic (exact) mass is 227 g/mol. The van der Waals surface area contributed by atoms with Crippen molar-refractivity contribution in [2.24, 2.45) is 5.92 Å². The fraction of sp³-hybridized carbons (Fsp3) is 1.00. The second-order valence-electron chi connectivity index (χ2n) is 5.33. The van der Waals surface area contributed by atoms with Gasteiger partial charge in [0.1, 0.15) is 0 Å². The van der Waals surface area contributed by atoms with Gasteiger partial charge in [-0.25, -0.2) is 0 Å². The highest BCUT2D eigenvalue weighted by Crippen LogP contribution is 2.42. The molecule has 0 aromatic heterocycles. The first-order chi connectivity index (χ1) is 7.29. The van der Waals surface area contributed by atoms with Crippen molar-refractivity contribution in [1.29, 1.82) is 0 Å². The molecule has 0 saturated heterocycles. The van der Waals surface area contributed by atoms with Gasteiger partial charge in [0, 0.05) is 17.3 Å². The predicted octanol–water partition coefficient (Wildman–Crippen LogP) is 3.44. The Morgan fingerprint density at radius 1 is 1.27 bits per heavy atom. The fourth-order valence-corrected chi connectivity index (χ4v) is 4.06. The summed E-state index contributed by atoms with van der Waals surface area (Å²) in [4.78, 5) is 0. The molecule has 2 rings (SSSR count). The van der Waals surface area contributed by atoms with Crippen LogP contribution in [-0.4, -0.2) is 23.6 Å². The van der Waals surface area contributed by atoms with Crippen LogP contribution in [0.1, 0.15) is 51.9 Å². The van der Waals surface area contributed by atoms with Crippen LogP contribution in [0.2, 0.25) is 0 Å². The lowest BCUT2D eigenvalue weighted by atomic mass is 9.83. The smallest absolute Gasteiger partial charge is 0.0281 e. The van der Waals surface area contributed by atoms with Gasteiger partial charge < -0.3 is 5.32 Å². The van der Waals surface area contributed by atoms with Crippen LogP contribution in [0.25, 0.3) is 0 Å². The minimum Gasteiger partial charge on any atom is -0.312 e. The van der Waals surface area contributed by atoms with Gasteiger partial charge in [-0.2, -0.15) is 11.8 Å². The molecule has 88 valence electrons. The molecule has 1 nitrogen and oxygen atoms in total. The average molecular weight is 227 g/mol. The van der Waals surface area contributed by atoms with Crippen LogP contribution in [0, 0.1) is 5.92 Å². The molecule has 2 unspecified atom stereocenters. The molecule has 1 N–H and O–H groups in total. The van der Waals surface area contributed by atoms with Crippen LogP contribution in [0.5, 0.6) is 0 Å². The van der Waals surface area contributed by atoms with Gasteiger partial charge in [-0.05, 0) is 37.9 Å². The van der Waals surface area contributed by atoms with Crippen molar-refractivity contribution in [3.8, 4) is 0 Å². The van der Waals surface area contributed by atoms with Crippen LogP contribution in [0.4, 0.5) is 0 Å². The van der Waals surface area contributed by atoms with Gasteiger partial charge >= 0.3 is 0 Å². The highest BCUT2D eigenvalue weighted by molar-refractivity contribution is 8.00. The second kappa shape index (κ2) is 5.09. The number of nitrogens with one attached hydrogen (secondary N) is 1. The standard InChI is InChI=1S/C13H25NS/c1-3-11-6-4-7-12(11)14-10-13(15-2)8-5-9-13/h11-12,14H,3-10H2,1-2H3. The van der Waals surface area contributed by atoms with Crippen LogP contribution < -0.4 is 5.32 Å². The molecule has 2 aliphatic carbocycles. The van der Waals surface area contributed by atoms with E-state index >= 15 is 0 Å². The summed E-state index contributed by atoms with van der Waals surface area (Å²) in [6, 6.07) is 0.833. The number of hydrogen-bond donors (Lipinski definition) is 1. The van der Waals surface area contributed by atoms with Crippen molar-refractivity contribution >= 4 is 11.8 Å². The molecule has 0 aromatic carbocycles. The van der Waals surface area contributed by atoms with E-state index in [1.54, 1.807) is 0 Å². The molecule has 2 aliphatic rings. The van der Waals surface area contributed by atoms with E-state index in [9.17, 15) is 0 Å². The third kappa shape index (κ3) is 2.52. The molecule has 0 amide bonds. The SMILES string of the molecule is CCC1CCCC1NCC1(SC)CCC1. The maximum Gasteiger partial charge on any atom is 0.0281 e. The van der Waals surface area contributed by atoms with Gasteiger partial charge in [-0.1, -0.05) is 26.2 Å². The van der Waals surface area contributed by atoms with E-state index in [2.05, 4.69) is 30.3 Å². The maximum atomic E-state index is 3.86. The van der Waals surface area contributed by atoms with Gasteiger partial charge in [-0.15, -0.1) is 0 Å². The highest BCUT2D eigenvalue weighted by Gasteiger charge is 2.37. The summed E-state index contributed by atoms with van der Waals surface area (Å²) in [5.74, 6) is 0.962. The van der Waals surface area contributed by atoms with E-state index in [1.807, 2.05) is 0 Å². The molecule has 0 heterocycles. The second-order valence-corrected chi connectivity index (χ2v) is 6.60. The Morgan fingerprint density at radius 3 is 2.60 bits per heavy atom. The Hall–Kier alpha value is 0.310. The molecule has 0 aliphatic heterocycles. The predicted molar refractivity (Wildman–Crippen MR) is 69.5 cm³/mol. The zero-order chi connectivity index (χ0) is 10.7. The van der Waals surface area contributed by atoms with Crippen molar-refractivity contribution in [2.75, 3.05) is 12.8 Å². The minimum atomic E-state index is 0.612. The Morgan fingerprint density at radius 2 is 2.07 bits per heavy atom. The van der Waals surface area contributed by atoms with Crippen molar-refractivity contribution in [3.05, 3.63) is 0 Å². The summed E-state index contributed by atoms with van der Waals surface area (Å²) in [7, 11) is 0. The normalized spacial score (nSPS) is 34.0. The molecular weight excluding hydrogens is 202 g/mol. The lowest BCUT2D eigenvalue weighted by molar-refractivity contribution is 0.306. The molecule has 0 radical (unpaired) electrons. The van der Waals surface area contributed by atoms with E-state index in [1.165, 1.54) is 51.5 Å². The van der Waals surface area contributed by atoms with Crippen LogP contribution in [0.15, 0.2) is 0 Å². The molecule has 0 bridgehead atoms. The molecular formula is C13H25NS. The number of thioether (sulfide) groups is 1. The number of rotatable bonds is 5. The Balaban J connectivity index is 1.77. The Kier molecular flexibility index (Phi) is 4.00. The summed E-state index contributed by atoms with van der Waals surface area (Å²) < 4.78 is 0.612. The molecule has 2 saturated carbocycles. The molecule has 2 atom stereocenters. The Bertz CT molecular complexity index is 195. The number of hydrogen-bond acceptors (Lipinski definition) is 2. The fourth-order valence-electron chi connectivity index (χ4n) is 3.14. The lowest BCUT2D eigenvalue weighted by Crippen LogP contribution is -2.47. The lowest BCUT2D eigenvalue weighted by Gasteiger charge is -2.41. The van der Waals surface area contributed by atoms with Crippen molar-refractivity contribution < 1.29 is 0 Å². The largest absolute Gasteiger partial charge is 0.312 e. The minimum absolute atomic E-state index is 0.612. The quantitative estimate of drug-likeness (QED) is 0.772. The molecule has 2 fully saturated rings. The summed E-state index contributed by atoms with van der Waals surface area (Å²) >= 11 is 2.09. The van der Waals surface area contributed by atoms with E-state index in [-0.39, 0.29) is 0 Å². The molecule has 0 spiro atoms. The van der Waals surface area contributed by atoms with Gasteiger partial charge in [0.05, 0.1) is 0 Å². The van der Waals surface area contributed by atoms with E-state index in [0.29, 0.717) is 4.75 Å². The third-order valence-electron chi connectivity index (χ3n) is 4.57. The van der Waals surface area contributed by atoms with Crippen LogP contribution in [0.3, 0.4) is 0 Å². The third-order valence-corrected chi connectivity index (χ3v) is 5.99. The average Bonchev–Trinajstić information content (AvgIpc) is 2.64. The summed E-state index contributed by atoms with van der Waals surface area (Å²) in [6.07, 6.45) is 12.3. The zero-order valence-electron chi connectivity index (χ0n) is 10.2. The summed E-state index contributed by atoms with van der Waals surface area (Å²) in [5, 5.41) is 3.86. The first-order valence-electron chi connectivity index (χ1n) is 6.58. The van der Waals surface area contributed by atoms with Crippen molar-refractivity contribution in [1.82, 2.24) is 5.32 Å². The van der Waals surface area contributed by atoms with Crippen molar-refractivity contribution in [2.45, 2.75) is 62.7 Å². The first kappa shape index (κ1) is 11.8. The summed E-state index contributed by atoms with van der Waals surface area (Å²) in [6.45, 7) is 3.60. The molecule has 15 heavy (non-hydrogen) atoms. The van der Waals surface area contributed by atoms with Gasteiger partial charge in [0.15, 0.2) is 0 Å². The zero-order valence-corrected chi connectivity index (χ0v) is 11.0. The highest BCUT2D eigenvalue weighted by atomic mass is 32.2. The Labute approximate surface area is 98.8 Å². The topological polar surface area (TPSA) is 12.0 Å². The van der Waals surface area contributed by atoms with Crippen LogP contribution >= 0.6 is 11.8 Å². The maximum absolute atomic E-state index is 3.86.